The molecule has 0 aromatic carbocycles. The van der Waals surface area contributed by atoms with Crippen molar-refractivity contribution < 1.29 is 33.8 Å². The highest BCUT2D eigenvalue weighted by molar-refractivity contribution is 6.22. The van der Waals surface area contributed by atoms with Crippen molar-refractivity contribution in [3.8, 4) is 0 Å². The molecule has 2 atom stereocenters. The Bertz CT molecular complexity index is 905. The summed E-state index contributed by atoms with van der Waals surface area (Å²) in [6, 6.07) is 0. The van der Waals surface area contributed by atoms with Crippen LogP contribution < -0.4 is 5.73 Å². The monoisotopic (exact) mass is 431 g/mol. The number of methoxy groups -OCH3 is 1. The Morgan fingerprint density at radius 1 is 1.13 bits per heavy atom. The predicted octanol–water partition coefficient (Wildman–Crippen LogP) is 1.64. The first-order chi connectivity index (χ1) is 14.5. The molecule has 0 aliphatic carbocycles. The van der Waals surface area contributed by atoms with Gasteiger partial charge in [-0.3, -0.25) is 14.4 Å². The molecular weight excluding hydrogens is 402 g/mol. The van der Waals surface area contributed by atoms with Crippen LogP contribution in [0.2, 0.25) is 0 Å². The number of allylic oxidation sites excluding steroid dienone is 7. The number of hydrogen-bond donors (Lipinski definition) is 2. The van der Waals surface area contributed by atoms with Gasteiger partial charge in [-0.1, -0.05) is 41.5 Å². The molecular formula is C23H29NO7. The molecule has 1 fully saturated rings. The number of hydrogen-bond acceptors (Lipinski definition) is 7. The largest absolute Gasteiger partial charge is 0.465 e. The molecule has 0 aromatic heterocycles. The van der Waals surface area contributed by atoms with Gasteiger partial charge in [-0.15, -0.1) is 0 Å². The minimum Gasteiger partial charge on any atom is -0.465 e. The van der Waals surface area contributed by atoms with Gasteiger partial charge in [0.1, 0.15) is 0 Å². The summed E-state index contributed by atoms with van der Waals surface area (Å²) in [7, 11) is 1.31. The molecule has 0 spiro atoms. The third-order valence-electron chi connectivity index (χ3n) is 4.60. The molecule has 31 heavy (non-hydrogen) atoms. The summed E-state index contributed by atoms with van der Waals surface area (Å²) in [6.45, 7) is 6.49. The van der Waals surface area contributed by atoms with Crippen LogP contribution in [-0.2, 0) is 28.7 Å². The summed E-state index contributed by atoms with van der Waals surface area (Å²) in [4.78, 5) is 48.0. The summed E-state index contributed by atoms with van der Waals surface area (Å²) in [5.74, 6) is -2.70. The van der Waals surface area contributed by atoms with Gasteiger partial charge >= 0.3 is 5.97 Å². The second-order valence-electron chi connectivity index (χ2n) is 7.09. The first-order valence-electron chi connectivity index (χ1n) is 9.67. The van der Waals surface area contributed by atoms with Gasteiger partial charge in [0.2, 0.25) is 11.4 Å². The number of Topliss-reactive ketones (excluding diaryl/α,β-unsaturated/α-hetero) is 2. The van der Waals surface area contributed by atoms with E-state index in [0.29, 0.717) is 5.57 Å². The molecule has 8 nitrogen and oxygen atoms in total. The number of aliphatic hydroxyl groups is 1. The van der Waals surface area contributed by atoms with E-state index in [2.05, 4.69) is 0 Å². The van der Waals surface area contributed by atoms with E-state index < -0.39 is 41.8 Å². The average molecular weight is 431 g/mol. The normalized spacial score (nSPS) is 22.5. The lowest BCUT2D eigenvalue weighted by molar-refractivity contribution is -0.136. The van der Waals surface area contributed by atoms with Crippen LogP contribution >= 0.6 is 0 Å². The quantitative estimate of drug-likeness (QED) is 0.167. The Labute approximate surface area is 181 Å². The van der Waals surface area contributed by atoms with E-state index >= 15 is 0 Å². The smallest absolute Gasteiger partial charge is 0.337 e. The molecule has 3 N–H and O–H groups in total. The fourth-order valence-electron chi connectivity index (χ4n) is 2.94. The molecule has 1 aliphatic heterocycles. The van der Waals surface area contributed by atoms with Gasteiger partial charge in [-0.05, 0) is 39.3 Å². The van der Waals surface area contributed by atoms with E-state index in [1.807, 2.05) is 19.9 Å². The molecule has 0 aromatic rings. The molecule has 2 unspecified atom stereocenters. The molecule has 0 bridgehead atoms. The van der Waals surface area contributed by atoms with E-state index in [0.717, 1.165) is 11.1 Å². The summed E-state index contributed by atoms with van der Waals surface area (Å²) < 4.78 is 9.81. The number of primary amides is 1. The third-order valence-corrected chi connectivity index (χ3v) is 4.60. The highest BCUT2D eigenvalue weighted by Crippen LogP contribution is 2.40. The lowest BCUT2D eigenvalue weighted by Gasteiger charge is -2.07. The number of carbonyl (C=O) groups excluding carboxylic acids is 4. The topological polar surface area (TPSA) is 136 Å². The van der Waals surface area contributed by atoms with Crippen LogP contribution in [0.5, 0.6) is 0 Å². The molecule has 168 valence electrons. The number of rotatable bonds is 11. The molecule has 1 rings (SSSR count). The van der Waals surface area contributed by atoms with E-state index in [9.17, 15) is 19.2 Å². The summed E-state index contributed by atoms with van der Waals surface area (Å²) >= 11 is 0. The number of amides is 1. The van der Waals surface area contributed by atoms with Crippen molar-refractivity contribution in [2.75, 3.05) is 13.7 Å². The van der Waals surface area contributed by atoms with E-state index in [1.165, 1.54) is 20.1 Å². The van der Waals surface area contributed by atoms with Gasteiger partial charge in [0.15, 0.2) is 11.9 Å². The zero-order valence-electron chi connectivity index (χ0n) is 18.4. The maximum atomic E-state index is 12.7. The first kappa shape index (κ1) is 25.9. The van der Waals surface area contributed by atoms with Crippen LogP contribution in [0.4, 0.5) is 0 Å². The standard InChI is InChI=1S/C23H29NO7/c1-6-17(21(28)30-5)13-15(3)12-14(2)8-7-9-16(4)19(27)23(22(24)29)20(31-23)18(26)10-11-25/h6-9,12-13,20,25H,10-11H2,1-5H3,(H2,24,29). The summed E-state index contributed by atoms with van der Waals surface area (Å²) in [5, 5.41) is 8.87. The Morgan fingerprint density at radius 3 is 2.29 bits per heavy atom. The number of ether oxygens (including phenoxy) is 2. The number of aliphatic hydroxyl groups excluding tert-OH is 1. The molecule has 1 aliphatic rings. The Balaban J connectivity index is 2.94. The van der Waals surface area contributed by atoms with Crippen LogP contribution in [0.1, 0.15) is 34.1 Å². The molecule has 1 saturated heterocycles. The van der Waals surface area contributed by atoms with E-state index in [4.69, 9.17) is 20.3 Å². The number of nitrogens with two attached hydrogens (primary N) is 1. The second-order valence-corrected chi connectivity index (χ2v) is 7.09. The van der Waals surface area contributed by atoms with Gasteiger partial charge in [0, 0.05) is 6.42 Å². The third kappa shape index (κ3) is 6.44. The Morgan fingerprint density at radius 2 is 1.77 bits per heavy atom. The summed E-state index contributed by atoms with van der Waals surface area (Å²) in [6.07, 6.45) is 8.54. The van der Waals surface area contributed by atoms with Crippen molar-refractivity contribution in [3.05, 3.63) is 58.7 Å². The van der Waals surface area contributed by atoms with Crippen LogP contribution in [0.3, 0.4) is 0 Å². The molecule has 0 saturated carbocycles. The highest BCUT2D eigenvalue weighted by atomic mass is 16.6. The Hall–Kier alpha value is -3.10. The zero-order chi connectivity index (χ0) is 23.8. The van der Waals surface area contributed by atoms with Crippen LogP contribution in [0, 0.1) is 0 Å². The fraction of sp³-hybridized carbons (Fsp3) is 0.391. The van der Waals surface area contributed by atoms with Crippen molar-refractivity contribution in [2.24, 2.45) is 5.73 Å². The Kier molecular flexibility index (Phi) is 9.48. The van der Waals surface area contributed by atoms with Crippen molar-refractivity contribution >= 4 is 23.4 Å². The number of epoxide rings is 1. The molecule has 8 heteroatoms. The molecule has 1 amide bonds. The van der Waals surface area contributed by atoms with Crippen LogP contribution in [-0.4, -0.2) is 54.0 Å². The SMILES string of the molecule is CC=C(C=C(C)C=C(C)C=CC=C(C)C(=O)C1(C(N)=O)OC1C(=O)CCO)C(=O)OC. The molecule has 0 radical (unpaired) electrons. The highest BCUT2D eigenvalue weighted by Gasteiger charge is 2.70. The first-order valence-corrected chi connectivity index (χ1v) is 9.67. The maximum absolute atomic E-state index is 12.7. The minimum atomic E-state index is -2.00. The van der Waals surface area contributed by atoms with Gasteiger partial charge in [-0.2, -0.15) is 0 Å². The van der Waals surface area contributed by atoms with Crippen LogP contribution in [0.25, 0.3) is 0 Å². The number of ketones is 2. The fourth-order valence-corrected chi connectivity index (χ4v) is 2.94. The van der Waals surface area contributed by atoms with Gasteiger partial charge in [0.25, 0.3) is 5.91 Å². The van der Waals surface area contributed by atoms with Crippen molar-refractivity contribution in [2.45, 2.75) is 45.8 Å². The van der Waals surface area contributed by atoms with Gasteiger partial charge < -0.3 is 20.3 Å². The predicted molar refractivity (Wildman–Crippen MR) is 115 cm³/mol. The van der Waals surface area contributed by atoms with Gasteiger partial charge in [-0.25, -0.2) is 4.79 Å². The number of carbonyl (C=O) groups is 4. The lowest BCUT2D eigenvalue weighted by Crippen LogP contribution is -2.43. The van der Waals surface area contributed by atoms with Crippen molar-refractivity contribution in [1.82, 2.24) is 0 Å². The van der Waals surface area contributed by atoms with Crippen LogP contribution in [0.15, 0.2) is 58.7 Å². The average Bonchev–Trinajstić information content (AvgIpc) is 3.48. The van der Waals surface area contributed by atoms with Crippen molar-refractivity contribution in [3.63, 3.8) is 0 Å². The second kappa shape index (κ2) is 11.3. The van der Waals surface area contributed by atoms with E-state index in [1.54, 1.807) is 31.2 Å². The van der Waals surface area contributed by atoms with Gasteiger partial charge in [0.05, 0.1) is 19.3 Å². The lowest BCUT2D eigenvalue weighted by atomic mass is 9.91. The van der Waals surface area contributed by atoms with Crippen molar-refractivity contribution in [1.29, 1.82) is 0 Å². The maximum Gasteiger partial charge on any atom is 0.337 e. The molecule has 1 heterocycles. The summed E-state index contributed by atoms with van der Waals surface area (Å²) in [5.41, 5.74) is 5.60. The number of esters is 1. The zero-order valence-corrected chi connectivity index (χ0v) is 18.4. The van der Waals surface area contributed by atoms with E-state index in [-0.39, 0.29) is 12.0 Å². The minimum absolute atomic E-state index is 0.191.